The van der Waals surface area contributed by atoms with Crippen molar-refractivity contribution in [1.29, 1.82) is 0 Å². The van der Waals surface area contributed by atoms with Crippen molar-refractivity contribution in [3.8, 4) is 0 Å². The highest BCUT2D eigenvalue weighted by molar-refractivity contribution is 5.95. The highest BCUT2D eigenvalue weighted by atomic mass is 16.2. The average Bonchev–Trinajstić information content (AvgIpc) is 2.63. The Hall–Kier alpha value is -2.37. The van der Waals surface area contributed by atoms with Crippen LogP contribution in [-0.2, 0) is 14.4 Å². The van der Waals surface area contributed by atoms with Crippen molar-refractivity contribution >= 4 is 23.4 Å². The highest BCUT2D eigenvalue weighted by Gasteiger charge is 2.23. The van der Waals surface area contributed by atoms with E-state index < -0.39 is 0 Å². The van der Waals surface area contributed by atoms with Crippen LogP contribution >= 0.6 is 0 Å². The van der Waals surface area contributed by atoms with Crippen LogP contribution in [0.4, 0.5) is 5.69 Å². The van der Waals surface area contributed by atoms with Crippen LogP contribution < -0.4 is 5.32 Å². The summed E-state index contributed by atoms with van der Waals surface area (Å²) in [6.07, 6.45) is 5.26. The Bertz CT molecular complexity index is 660. The number of likely N-dealkylation sites (tertiary alicyclic amines) is 1. The van der Waals surface area contributed by atoms with Crippen LogP contribution in [0.5, 0.6) is 0 Å². The first-order valence-corrected chi connectivity index (χ1v) is 9.92. The minimum absolute atomic E-state index is 0.00301. The molecule has 0 atom stereocenters. The van der Waals surface area contributed by atoms with Crippen molar-refractivity contribution in [1.82, 2.24) is 9.80 Å². The molecule has 0 spiro atoms. The van der Waals surface area contributed by atoms with Crippen LogP contribution in [-0.4, -0.2) is 53.7 Å². The van der Waals surface area contributed by atoms with E-state index in [-0.39, 0.29) is 30.8 Å². The van der Waals surface area contributed by atoms with E-state index in [1.807, 2.05) is 38.1 Å². The molecule has 0 radical (unpaired) electrons. The fraction of sp³-hybridized carbons (Fsp3) is 0.571. The number of para-hydroxylation sites is 1. The molecule has 1 fully saturated rings. The van der Waals surface area contributed by atoms with Crippen LogP contribution in [0.3, 0.4) is 0 Å². The molecular formula is C21H31N3O3. The third-order valence-electron chi connectivity index (χ3n) is 4.85. The molecule has 0 unspecified atom stereocenters. The van der Waals surface area contributed by atoms with Gasteiger partial charge < -0.3 is 15.1 Å². The Labute approximate surface area is 161 Å². The molecular weight excluding hydrogens is 342 g/mol. The number of hydrogen-bond acceptors (Lipinski definition) is 3. The number of nitrogens with zero attached hydrogens (tertiary/aromatic N) is 2. The molecule has 6 heteroatoms. The minimum atomic E-state index is -0.218. The maximum Gasteiger partial charge on any atom is 0.244 e. The summed E-state index contributed by atoms with van der Waals surface area (Å²) in [6.45, 7) is 5.10. The van der Waals surface area contributed by atoms with Gasteiger partial charge in [0.2, 0.25) is 17.7 Å². The van der Waals surface area contributed by atoms with Crippen molar-refractivity contribution in [3.63, 3.8) is 0 Å². The van der Waals surface area contributed by atoms with Crippen molar-refractivity contribution in [3.05, 3.63) is 29.8 Å². The highest BCUT2D eigenvalue weighted by Crippen LogP contribution is 2.14. The molecule has 1 aromatic rings. The van der Waals surface area contributed by atoms with E-state index in [0.29, 0.717) is 19.5 Å². The lowest BCUT2D eigenvalue weighted by molar-refractivity contribution is -0.142. The Balaban J connectivity index is 1.96. The van der Waals surface area contributed by atoms with Gasteiger partial charge in [-0.3, -0.25) is 14.4 Å². The molecule has 1 N–H and O–H groups in total. The van der Waals surface area contributed by atoms with E-state index in [0.717, 1.165) is 43.4 Å². The molecule has 0 bridgehead atoms. The van der Waals surface area contributed by atoms with Gasteiger partial charge in [0.15, 0.2) is 0 Å². The zero-order valence-corrected chi connectivity index (χ0v) is 16.5. The molecule has 1 aromatic carbocycles. The molecule has 0 aliphatic carbocycles. The summed E-state index contributed by atoms with van der Waals surface area (Å²) in [5.74, 6) is -0.334. The maximum absolute atomic E-state index is 12.8. The van der Waals surface area contributed by atoms with Crippen LogP contribution in [0, 0.1) is 6.92 Å². The van der Waals surface area contributed by atoms with Crippen molar-refractivity contribution in [2.45, 2.75) is 52.4 Å². The first-order chi connectivity index (χ1) is 13.0. The molecule has 148 valence electrons. The summed E-state index contributed by atoms with van der Waals surface area (Å²) in [4.78, 5) is 40.6. The lowest BCUT2D eigenvalue weighted by Gasteiger charge is -2.28. The van der Waals surface area contributed by atoms with E-state index in [1.54, 1.807) is 9.80 Å². The van der Waals surface area contributed by atoms with Crippen LogP contribution in [0.1, 0.15) is 51.0 Å². The lowest BCUT2D eigenvalue weighted by atomic mass is 10.1. The van der Waals surface area contributed by atoms with Gasteiger partial charge in [0.1, 0.15) is 0 Å². The number of rotatable bonds is 7. The molecule has 1 heterocycles. The predicted molar refractivity (Wildman–Crippen MR) is 106 cm³/mol. The van der Waals surface area contributed by atoms with Crippen molar-refractivity contribution < 1.29 is 14.4 Å². The molecule has 1 aliphatic rings. The summed E-state index contributed by atoms with van der Waals surface area (Å²) in [7, 11) is 0. The van der Waals surface area contributed by atoms with E-state index in [2.05, 4.69) is 5.32 Å². The molecule has 0 saturated carbocycles. The molecule has 27 heavy (non-hydrogen) atoms. The second-order valence-corrected chi connectivity index (χ2v) is 7.16. The third-order valence-corrected chi connectivity index (χ3v) is 4.85. The number of anilines is 1. The van der Waals surface area contributed by atoms with Crippen LogP contribution in [0.25, 0.3) is 0 Å². The monoisotopic (exact) mass is 373 g/mol. The van der Waals surface area contributed by atoms with E-state index >= 15 is 0 Å². The SMILES string of the molecule is CCCN(CC(=O)Nc1ccccc1C)C(=O)CN1CCCCCCC1=O. The van der Waals surface area contributed by atoms with E-state index in [9.17, 15) is 14.4 Å². The summed E-state index contributed by atoms with van der Waals surface area (Å²) >= 11 is 0. The predicted octanol–water partition coefficient (Wildman–Crippen LogP) is 2.96. The standard InChI is InChI=1S/C21H31N3O3/c1-3-13-23(15-19(25)22-18-11-8-7-10-17(18)2)21(27)16-24-14-9-5-4-6-12-20(24)26/h7-8,10-11H,3-6,9,12-16H2,1-2H3,(H,22,25). The number of nitrogens with one attached hydrogen (secondary N) is 1. The number of hydrogen-bond donors (Lipinski definition) is 1. The number of benzene rings is 1. The molecule has 1 saturated heterocycles. The van der Waals surface area contributed by atoms with Gasteiger partial charge in [0.05, 0.1) is 13.1 Å². The first-order valence-electron chi connectivity index (χ1n) is 9.92. The number of amides is 3. The molecule has 0 aromatic heterocycles. The molecule has 1 aliphatic heterocycles. The number of carbonyl (C=O) groups excluding carboxylic acids is 3. The largest absolute Gasteiger partial charge is 0.333 e. The normalized spacial score (nSPS) is 15.0. The Kier molecular flexibility index (Phi) is 8.30. The van der Waals surface area contributed by atoms with Crippen LogP contribution in [0.2, 0.25) is 0 Å². The summed E-state index contributed by atoms with van der Waals surface area (Å²) in [5.41, 5.74) is 1.73. The topological polar surface area (TPSA) is 69.7 Å². The smallest absolute Gasteiger partial charge is 0.244 e. The summed E-state index contributed by atoms with van der Waals surface area (Å²) < 4.78 is 0. The van der Waals surface area contributed by atoms with Gasteiger partial charge in [0.25, 0.3) is 0 Å². The molecule has 2 rings (SSSR count). The Morgan fingerprint density at radius 1 is 1.15 bits per heavy atom. The van der Waals surface area contributed by atoms with Gasteiger partial charge in [-0.1, -0.05) is 38.0 Å². The van der Waals surface area contributed by atoms with Crippen molar-refractivity contribution in [2.75, 3.05) is 31.5 Å². The zero-order valence-electron chi connectivity index (χ0n) is 16.5. The maximum atomic E-state index is 12.8. The van der Waals surface area contributed by atoms with Gasteiger partial charge in [-0.25, -0.2) is 0 Å². The zero-order chi connectivity index (χ0) is 19.6. The lowest BCUT2D eigenvalue weighted by Crippen LogP contribution is -2.46. The van der Waals surface area contributed by atoms with Crippen LogP contribution in [0.15, 0.2) is 24.3 Å². The summed E-state index contributed by atoms with van der Waals surface area (Å²) in [5, 5.41) is 2.87. The molecule has 3 amide bonds. The van der Waals surface area contributed by atoms with E-state index in [4.69, 9.17) is 0 Å². The second-order valence-electron chi connectivity index (χ2n) is 7.16. The second kappa shape index (κ2) is 10.7. The number of aryl methyl sites for hydroxylation is 1. The fourth-order valence-corrected chi connectivity index (χ4v) is 3.28. The average molecular weight is 373 g/mol. The quantitative estimate of drug-likeness (QED) is 0.799. The van der Waals surface area contributed by atoms with Gasteiger partial charge in [-0.15, -0.1) is 0 Å². The Morgan fingerprint density at radius 2 is 1.89 bits per heavy atom. The third kappa shape index (κ3) is 6.70. The first kappa shape index (κ1) is 20.9. The number of carbonyl (C=O) groups is 3. The van der Waals surface area contributed by atoms with Gasteiger partial charge in [-0.2, -0.15) is 0 Å². The summed E-state index contributed by atoms with van der Waals surface area (Å²) in [6, 6.07) is 7.56. The van der Waals surface area contributed by atoms with Gasteiger partial charge >= 0.3 is 0 Å². The molecule has 6 nitrogen and oxygen atoms in total. The van der Waals surface area contributed by atoms with Crippen molar-refractivity contribution in [2.24, 2.45) is 0 Å². The Morgan fingerprint density at radius 3 is 2.63 bits per heavy atom. The minimum Gasteiger partial charge on any atom is -0.333 e. The van der Waals surface area contributed by atoms with E-state index in [1.165, 1.54) is 0 Å². The fourth-order valence-electron chi connectivity index (χ4n) is 3.28. The van der Waals surface area contributed by atoms with Gasteiger partial charge in [-0.05, 0) is 37.8 Å². The van der Waals surface area contributed by atoms with Gasteiger partial charge in [0, 0.05) is 25.2 Å².